The highest BCUT2D eigenvalue weighted by molar-refractivity contribution is 7.15. The fourth-order valence-corrected chi connectivity index (χ4v) is 2.80. The minimum atomic E-state index is -4.73. The number of carbonyl (C=O) groups excluding carboxylic acids is 2. The van der Waals surface area contributed by atoms with Crippen LogP contribution in [0.5, 0.6) is 11.5 Å². The maximum Gasteiger partial charge on any atom is 0.445 e. The summed E-state index contributed by atoms with van der Waals surface area (Å²) in [6.45, 7) is 1.26. The zero-order valence-electron chi connectivity index (χ0n) is 13.7. The molecule has 0 aliphatic rings. The molecule has 0 saturated heterocycles. The van der Waals surface area contributed by atoms with Crippen molar-refractivity contribution in [3.8, 4) is 11.5 Å². The molecule has 0 unspecified atom stereocenters. The molecule has 0 aliphatic carbocycles. The first-order chi connectivity index (χ1) is 12.1. The van der Waals surface area contributed by atoms with Gasteiger partial charge in [-0.05, 0) is 13.0 Å². The summed E-state index contributed by atoms with van der Waals surface area (Å²) in [6, 6.07) is 1.40. The van der Waals surface area contributed by atoms with Gasteiger partial charge in [-0.1, -0.05) is 11.3 Å². The van der Waals surface area contributed by atoms with Gasteiger partial charge in [0, 0.05) is 6.07 Å². The molecule has 1 heterocycles. The van der Waals surface area contributed by atoms with Crippen molar-refractivity contribution >= 4 is 34.0 Å². The zero-order chi connectivity index (χ0) is 19.6. The van der Waals surface area contributed by atoms with Crippen LogP contribution in [0.2, 0.25) is 0 Å². The van der Waals surface area contributed by atoms with Gasteiger partial charge in [-0.3, -0.25) is 4.79 Å². The Morgan fingerprint density at radius 2 is 1.77 bits per heavy atom. The summed E-state index contributed by atoms with van der Waals surface area (Å²) in [4.78, 5) is 24.4. The molecule has 2 N–H and O–H groups in total. The van der Waals surface area contributed by atoms with Gasteiger partial charge in [0.1, 0.15) is 11.5 Å². The number of anilines is 2. The third-order valence-corrected chi connectivity index (χ3v) is 4.14. The number of alkyl halides is 3. The normalized spacial score (nSPS) is 11.2. The number of nitrogens with two attached hydrogens (primary N) is 1. The number of hydrogen-bond acceptors (Lipinski definition) is 7. The predicted molar refractivity (Wildman–Crippen MR) is 86.2 cm³/mol. The third kappa shape index (κ3) is 3.69. The van der Waals surface area contributed by atoms with Gasteiger partial charge >= 0.3 is 12.2 Å². The van der Waals surface area contributed by atoms with Gasteiger partial charge in [0.15, 0.2) is 5.78 Å². The maximum atomic E-state index is 12.8. The number of nitrogens with zero attached hydrogens (tertiary/aromatic N) is 3. The molecule has 0 atom stereocenters. The van der Waals surface area contributed by atoms with E-state index in [-0.39, 0.29) is 34.1 Å². The Balaban J connectivity index is 2.67. The second kappa shape index (κ2) is 7.15. The van der Waals surface area contributed by atoms with Crippen LogP contribution in [0.4, 0.5) is 28.8 Å². The van der Waals surface area contributed by atoms with Gasteiger partial charge < -0.3 is 15.2 Å². The Bertz CT molecular complexity index is 853. The molecule has 12 heteroatoms. The number of rotatable bonds is 5. The van der Waals surface area contributed by atoms with E-state index in [1.165, 1.54) is 33.3 Å². The van der Waals surface area contributed by atoms with E-state index in [1.54, 1.807) is 0 Å². The van der Waals surface area contributed by atoms with Gasteiger partial charge in [-0.2, -0.15) is 13.2 Å². The van der Waals surface area contributed by atoms with Gasteiger partial charge in [0.2, 0.25) is 10.1 Å². The molecule has 1 aromatic heterocycles. The average Bonchev–Trinajstić information content (AvgIpc) is 3.03. The van der Waals surface area contributed by atoms with Crippen molar-refractivity contribution in [2.45, 2.75) is 13.1 Å². The number of ether oxygens (including phenoxy) is 2. The lowest BCUT2D eigenvalue weighted by Gasteiger charge is -2.21. The maximum absolute atomic E-state index is 12.8. The number of methoxy groups -OCH3 is 2. The largest absolute Gasteiger partial charge is 0.496 e. The van der Waals surface area contributed by atoms with Gasteiger partial charge in [-0.25, -0.2) is 9.69 Å². The van der Waals surface area contributed by atoms with Crippen LogP contribution < -0.4 is 20.1 Å². The number of carbonyl (C=O) groups is 2. The van der Waals surface area contributed by atoms with E-state index in [0.717, 1.165) is 0 Å². The predicted octanol–water partition coefficient (Wildman–Crippen LogP) is 2.99. The molecule has 0 spiro atoms. The van der Waals surface area contributed by atoms with Crippen molar-refractivity contribution in [3.05, 3.63) is 22.7 Å². The Morgan fingerprint density at radius 3 is 2.19 bits per heavy atom. The van der Waals surface area contributed by atoms with Crippen LogP contribution in [0.15, 0.2) is 12.1 Å². The van der Waals surface area contributed by atoms with Gasteiger partial charge in [0.05, 0.1) is 25.5 Å². The summed E-state index contributed by atoms with van der Waals surface area (Å²) in [7, 11) is 2.60. The molecular formula is C14H13F3N4O4S. The standard InChI is InChI=1S/C14H13F3N4O4S/c1-6(22)7-4-8(10(25-3)5-9(7)24-2)21(12(18)23)13-20-19-11(26-13)14(15,16)17/h4-5H,1-3H3,(H2,18,23). The molecule has 0 saturated carbocycles. The molecule has 8 nitrogen and oxygen atoms in total. The Kier molecular flexibility index (Phi) is 5.35. The molecule has 0 bridgehead atoms. The molecule has 26 heavy (non-hydrogen) atoms. The van der Waals surface area contributed by atoms with Crippen molar-refractivity contribution in [3.63, 3.8) is 0 Å². The number of hydrogen-bond donors (Lipinski definition) is 1. The smallest absolute Gasteiger partial charge is 0.445 e. The number of ketones is 1. The molecule has 140 valence electrons. The first-order valence-electron chi connectivity index (χ1n) is 6.87. The van der Waals surface area contributed by atoms with Crippen LogP contribution in [0.25, 0.3) is 0 Å². The van der Waals surface area contributed by atoms with E-state index < -0.39 is 28.1 Å². The lowest BCUT2D eigenvalue weighted by molar-refractivity contribution is -0.138. The van der Waals surface area contributed by atoms with Crippen molar-refractivity contribution in [2.75, 3.05) is 19.1 Å². The highest BCUT2D eigenvalue weighted by Gasteiger charge is 2.37. The number of urea groups is 1. The molecule has 2 amide bonds. The Labute approximate surface area is 149 Å². The van der Waals surface area contributed by atoms with Crippen LogP contribution in [0.1, 0.15) is 22.3 Å². The van der Waals surface area contributed by atoms with Crippen molar-refractivity contribution < 1.29 is 32.2 Å². The van der Waals surface area contributed by atoms with Crippen LogP contribution in [0, 0.1) is 0 Å². The summed E-state index contributed by atoms with van der Waals surface area (Å²) >= 11 is 0.121. The van der Waals surface area contributed by atoms with E-state index in [0.29, 0.717) is 4.90 Å². The van der Waals surface area contributed by atoms with Crippen molar-refractivity contribution in [1.82, 2.24) is 10.2 Å². The SMILES string of the molecule is COc1cc(OC)c(N(C(N)=O)c2nnc(C(F)(F)F)s2)cc1C(C)=O. The summed E-state index contributed by atoms with van der Waals surface area (Å²) in [5.74, 6) is -0.200. The van der Waals surface area contributed by atoms with Crippen LogP contribution in [-0.2, 0) is 6.18 Å². The number of benzene rings is 1. The topological polar surface area (TPSA) is 108 Å². The second-order valence-corrected chi connectivity index (χ2v) is 5.80. The van der Waals surface area contributed by atoms with Crippen molar-refractivity contribution in [2.24, 2.45) is 5.73 Å². The molecule has 0 radical (unpaired) electrons. The molecule has 2 aromatic rings. The number of halogens is 3. The van der Waals surface area contributed by atoms with Crippen molar-refractivity contribution in [1.29, 1.82) is 0 Å². The average molecular weight is 390 g/mol. The number of aromatic nitrogens is 2. The van der Waals surface area contributed by atoms with Gasteiger partial charge in [-0.15, -0.1) is 10.2 Å². The summed E-state index contributed by atoms with van der Waals surface area (Å²) in [5, 5.41) is 4.72. The summed E-state index contributed by atoms with van der Waals surface area (Å²) < 4.78 is 48.5. The first kappa shape index (κ1) is 19.4. The Morgan fingerprint density at radius 1 is 1.15 bits per heavy atom. The third-order valence-electron chi connectivity index (χ3n) is 3.19. The molecule has 0 fully saturated rings. The van der Waals surface area contributed by atoms with E-state index >= 15 is 0 Å². The monoisotopic (exact) mass is 390 g/mol. The number of primary amides is 1. The quantitative estimate of drug-likeness (QED) is 0.787. The van der Waals surface area contributed by atoms with E-state index in [2.05, 4.69) is 10.2 Å². The highest BCUT2D eigenvalue weighted by atomic mass is 32.1. The van der Waals surface area contributed by atoms with Gasteiger partial charge in [0.25, 0.3) is 0 Å². The van der Waals surface area contributed by atoms with E-state index in [1.807, 2.05) is 0 Å². The molecule has 2 rings (SSSR count). The van der Waals surface area contributed by atoms with E-state index in [9.17, 15) is 22.8 Å². The molecule has 1 aromatic carbocycles. The summed E-state index contributed by atoms with van der Waals surface area (Å²) in [5.41, 5.74) is 5.32. The lowest BCUT2D eigenvalue weighted by atomic mass is 10.1. The second-order valence-electron chi connectivity index (χ2n) is 4.84. The molecule has 0 aliphatic heterocycles. The fourth-order valence-electron chi connectivity index (χ4n) is 2.07. The highest BCUT2D eigenvalue weighted by Crippen LogP contribution is 2.41. The first-order valence-corrected chi connectivity index (χ1v) is 7.69. The van der Waals surface area contributed by atoms with Crippen LogP contribution in [-0.4, -0.2) is 36.2 Å². The van der Waals surface area contributed by atoms with Crippen LogP contribution in [0.3, 0.4) is 0 Å². The zero-order valence-corrected chi connectivity index (χ0v) is 14.6. The Hall–Kier alpha value is -2.89. The molecular weight excluding hydrogens is 377 g/mol. The van der Waals surface area contributed by atoms with Crippen LogP contribution >= 0.6 is 11.3 Å². The van der Waals surface area contributed by atoms with E-state index in [4.69, 9.17) is 15.2 Å². The number of amides is 2. The minimum Gasteiger partial charge on any atom is -0.496 e. The number of Topliss-reactive ketones (excluding diaryl/α,β-unsaturated/α-hetero) is 1. The fraction of sp³-hybridized carbons (Fsp3) is 0.286. The summed E-state index contributed by atoms with van der Waals surface area (Å²) in [6.07, 6.45) is -4.73. The minimum absolute atomic E-state index is 0.0365. The lowest BCUT2D eigenvalue weighted by Crippen LogP contribution is -2.32.